The first-order valence-electron chi connectivity index (χ1n) is 20.3. The van der Waals surface area contributed by atoms with Crippen LogP contribution >= 0.6 is 0 Å². The number of rotatable bonds is 10. The molecule has 2 heterocycles. The van der Waals surface area contributed by atoms with Crippen LogP contribution in [-0.4, -0.2) is 55.1 Å². The van der Waals surface area contributed by atoms with Gasteiger partial charge in [-0.15, -0.1) is 0 Å². The van der Waals surface area contributed by atoms with Crippen LogP contribution in [0.4, 0.5) is 11.4 Å². The molecule has 5 aromatic rings. The first-order valence-corrected chi connectivity index (χ1v) is 20.3. The Balaban J connectivity index is 1.12. The lowest BCUT2D eigenvalue weighted by atomic mass is 9.49. The molecular formula is C50H45N3O8. The van der Waals surface area contributed by atoms with E-state index in [0.29, 0.717) is 39.8 Å². The lowest BCUT2D eigenvalue weighted by Crippen LogP contribution is -2.53. The van der Waals surface area contributed by atoms with Crippen molar-refractivity contribution in [2.75, 3.05) is 31.7 Å². The number of imide groups is 2. The zero-order chi connectivity index (χ0) is 42.6. The highest BCUT2D eigenvalue weighted by Crippen LogP contribution is 2.65. The number of ether oxygens (including phenoxy) is 3. The summed E-state index contributed by atoms with van der Waals surface area (Å²) in [7, 11) is 4.71. The van der Waals surface area contributed by atoms with Crippen molar-refractivity contribution in [1.29, 1.82) is 0 Å². The first-order chi connectivity index (χ1) is 29.6. The van der Waals surface area contributed by atoms with E-state index in [1.165, 1.54) is 18.1 Å². The fraction of sp³-hybridized carbons (Fsp3) is 0.240. The molecule has 4 aliphatic rings. The largest absolute Gasteiger partial charge is 0.508 e. The summed E-state index contributed by atoms with van der Waals surface area (Å²) < 4.78 is 16.8. The van der Waals surface area contributed by atoms with Crippen LogP contribution in [0, 0.1) is 30.6 Å². The fourth-order valence-corrected chi connectivity index (χ4v) is 10.2. The minimum Gasteiger partial charge on any atom is -0.508 e. The number of nitrogens with one attached hydrogen (secondary N) is 1. The number of nitrogens with zero attached hydrogens (tertiary/aromatic N) is 2. The summed E-state index contributed by atoms with van der Waals surface area (Å²) in [6, 6.07) is 34.3. The Bertz CT molecular complexity index is 2620. The van der Waals surface area contributed by atoms with E-state index < -0.39 is 46.8 Å². The van der Waals surface area contributed by atoms with E-state index >= 15 is 4.79 Å². The summed E-state index contributed by atoms with van der Waals surface area (Å²) in [6.07, 6.45) is 6.25. The van der Waals surface area contributed by atoms with Gasteiger partial charge in [-0.25, -0.2) is 0 Å². The summed E-state index contributed by atoms with van der Waals surface area (Å²) in [5, 5.41) is 11.7. The van der Waals surface area contributed by atoms with Crippen LogP contribution in [0.5, 0.6) is 23.0 Å². The number of allylic oxidation sites excluding steroid dienone is 2. The van der Waals surface area contributed by atoms with Gasteiger partial charge >= 0.3 is 0 Å². The number of methoxy groups -OCH3 is 3. The van der Waals surface area contributed by atoms with Crippen molar-refractivity contribution >= 4 is 47.2 Å². The molecule has 9 rings (SSSR count). The number of carbonyl (C=O) groups is 4. The van der Waals surface area contributed by atoms with Gasteiger partial charge in [-0.3, -0.25) is 29.5 Å². The molecule has 5 aromatic carbocycles. The van der Waals surface area contributed by atoms with Gasteiger partial charge in [0.15, 0.2) is 0 Å². The molecule has 0 bridgehead atoms. The highest BCUT2D eigenvalue weighted by Gasteiger charge is 2.70. The zero-order valence-electron chi connectivity index (χ0n) is 34.2. The molecule has 0 spiro atoms. The molecule has 2 N–H and O–H groups in total. The Hall–Kier alpha value is -7.14. The number of fused-ring (bicyclic) bond motifs is 4. The van der Waals surface area contributed by atoms with Crippen LogP contribution in [0.25, 0.3) is 12.2 Å². The molecule has 61 heavy (non-hydrogen) atoms. The van der Waals surface area contributed by atoms with Crippen LogP contribution < -0.4 is 24.5 Å². The Kier molecular flexibility index (Phi) is 9.97. The molecule has 3 fully saturated rings. The highest BCUT2D eigenvalue weighted by atomic mass is 16.5. The molecule has 6 atom stereocenters. The molecular weight excluding hydrogens is 771 g/mol. The molecule has 1 saturated carbocycles. The van der Waals surface area contributed by atoms with Crippen molar-refractivity contribution in [3.8, 4) is 23.0 Å². The second-order valence-corrected chi connectivity index (χ2v) is 16.1. The van der Waals surface area contributed by atoms with Crippen LogP contribution in [0.3, 0.4) is 0 Å². The smallest absolute Gasteiger partial charge is 0.260 e. The number of hydrogen-bond donors (Lipinski definition) is 2. The van der Waals surface area contributed by atoms with Crippen LogP contribution in [0.1, 0.15) is 46.6 Å². The van der Waals surface area contributed by atoms with E-state index in [0.717, 1.165) is 27.3 Å². The van der Waals surface area contributed by atoms with Gasteiger partial charge in [-0.2, -0.15) is 5.01 Å². The summed E-state index contributed by atoms with van der Waals surface area (Å²) in [5.41, 5.74) is 7.39. The van der Waals surface area contributed by atoms with Crippen LogP contribution in [0.15, 0.2) is 127 Å². The number of aromatic hydroxyl groups is 1. The normalized spacial score (nSPS) is 24.3. The average Bonchev–Trinajstić information content (AvgIpc) is 3.67. The number of hydrogen-bond acceptors (Lipinski definition) is 9. The van der Waals surface area contributed by atoms with Gasteiger partial charge in [0.2, 0.25) is 11.8 Å². The third-order valence-corrected chi connectivity index (χ3v) is 13.0. The summed E-state index contributed by atoms with van der Waals surface area (Å²) >= 11 is 0. The first kappa shape index (κ1) is 39.3. The standard InChI is InChI=1S/C50H45N3O8/c1-29-10-16-33(17-11-29)51-53-47(56)41-28-40-37(45(38-22-20-35(54)27-43(38)61-4)50(41,49(53)58)32-8-6-5-7-9-32)23-24-39-44(40)48(57)52(46(39)55)34-18-13-30(14-19-34)12-15-31-26-36(59-2)21-25-42(31)60-3/h5-23,25-27,39-41,44-45,51,54H,24,28H2,1-4H3. The molecule has 6 unspecified atom stereocenters. The highest BCUT2D eigenvalue weighted by molar-refractivity contribution is 6.22. The second-order valence-electron chi connectivity index (χ2n) is 16.1. The van der Waals surface area contributed by atoms with Crippen molar-refractivity contribution in [2.45, 2.75) is 31.1 Å². The average molecular weight is 816 g/mol. The molecule has 11 nitrogen and oxygen atoms in total. The monoisotopic (exact) mass is 815 g/mol. The van der Waals surface area contributed by atoms with E-state index in [9.17, 15) is 19.5 Å². The van der Waals surface area contributed by atoms with Gasteiger partial charge in [0.1, 0.15) is 23.0 Å². The lowest BCUT2D eigenvalue weighted by Gasteiger charge is -2.50. The van der Waals surface area contributed by atoms with Crippen molar-refractivity contribution in [3.63, 3.8) is 0 Å². The fourth-order valence-electron chi connectivity index (χ4n) is 10.2. The molecule has 2 aliphatic carbocycles. The van der Waals surface area contributed by atoms with Crippen molar-refractivity contribution in [1.82, 2.24) is 5.01 Å². The van der Waals surface area contributed by atoms with Gasteiger partial charge in [-0.05, 0) is 85.3 Å². The van der Waals surface area contributed by atoms with Crippen molar-refractivity contribution in [2.24, 2.45) is 23.7 Å². The molecule has 11 heteroatoms. The summed E-state index contributed by atoms with van der Waals surface area (Å²) in [6.45, 7) is 1.96. The minimum atomic E-state index is -1.47. The predicted molar refractivity (Wildman–Crippen MR) is 231 cm³/mol. The number of phenolic OH excluding ortho intramolecular Hbond substituents is 1. The summed E-state index contributed by atoms with van der Waals surface area (Å²) in [4.78, 5) is 61.0. The predicted octanol–water partition coefficient (Wildman–Crippen LogP) is 8.09. The van der Waals surface area contributed by atoms with E-state index in [1.807, 2.05) is 110 Å². The Labute approximate surface area is 353 Å². The molecule has 2 aliphatic heterocycles. The van der Waals surface area contributed by atoms with Gasteiger partial charge < -0.3 is 19.3 Å². The van der Waals surface area contributed by atoms with Gasteiger partial charge in [0.25, 0.3) is 11.8 Å². The Morgan fingerprint density at radius 2 is 1.48 bits per heavy atom. The molecule has 2 saturated heterocycles. The lowest BCUT2D eigenvalue weighted by molar-refractivity contribution is -0.138. The Morgan fingerprint density at radius 3 is 2.18 bits per heavy atom. The molecule has 0 radical (unpaired) electrons. The van der Waals surface area contributed by atoms with Gasteiger partial charge in [0, 0.05) is 23.1 Å². The topological polar surface area (TPSA) is 135 Å². The molecule has 0 aromatic heterocycles. The van der Waals surface area contributed by atoms with E-state index in [2.05, 4.69) is 5.43 Å². The van der Waals surface area contributed by atoms with Crippen molar-refractivity contribution in [3.05, 3.63) is 155 Å². The number of aryl methyl sites for hydroxylation is 1. The van der Waals surface area contributed by atoms with Gasteiger partial charge in [-0.1, -0.05) is 90.0 Å². The van der Waals surface area contributed by atoms with Gasteiger partial charge in [0.05, 0.1) is 55.9 Å². The quantitative estimate of drug-likeness (QED) is 0.0815. The number of hydrazine groups is 1. The maximum absolute atomic E-state index is 15.4. The number of carbonyl (C=O) groups excluding carboxylic acids is 4. The zero-order valence-corrected chi connectivity index (χ0v) is 34.2. The maximum Gasteiger partial charge on any atom is 0.260 e. The number of anilines is 2. The van der Waals surface area contributed by atoms with Crippen molar-refractivity contribution < 1.29 is 38.5 Å². The third-order valence-electron chi connectivity index (χ3n) is 13.0. The second kappa shape index (κ2) is 15.5. The van der Waals surface area contributed by atoms with Crippen LogP contribution in [0.2, 0.25) is 0 Å². The number of benzene rings is 5. The molecule has 4 amide bonds. The maximum atomic E-state index is 15.4. The number of amides is 4. The van der Waals surface area contributed by atoms with Crippen LogP contribution in [-0.2, 0) is 24.6 Å². The van der Waals surface area contributed by atoms with E-state index in [-0.39, 0.29) is 30.4 Å². The van der Waals surface area contributed by atoms with E-state index in [4.69, 9.17) is 14.2 Å². The Morgan fingerprint density at radius 1 is 0.738 bits per heavy atom. The molecule has 308 valence electrons. The minimum absolute atomic E-state index is 0.0267. The third kappa shape index (κ3) is 6.34. The van der Waals surface area contributed by atoms with E-state index in [1.54, 1.807) is 38.5 Å². The summed E-state index contributed by atoms with van der Waals surface area (Å²) in [5.74, 6) is -3.58. The SMILES string of the molecule is COc1ccc(OC)c(C=Cc2ccc(N3C(=O)C4CC=C5C(CC6C(=O)N(Nc7ccc(C)cc7)C(=O)C6(c6ccccc6)C5c5ccc(O)cc5OC)C4C3=O)cc2)c1. The number of phenols is 1.